The van der Waals surface area contributed by atoms with Crippen LogP contribution >= 0.6 is 22.9 Å². The van der Waals surface area contributed by atoms with E-state index >= 15 is 0 Å². The van der Waals surface area contributed by atoms with Gasteiger partial charge in [0, 0.05) is 36.6 Å². The Kier molecular flexibility index (Phi) is 4.77. The fourth-order valence-electron chi connectivity index (χ4n) is 1.50. The largest absolute Gasteiger partial charge is 0.355 e. The lowest BCUT2D eigenvalue weighted by atomic mass is 9.95. The number of carbonyl (C=O) groups excluding carboxylic acids is 1. The number of aromatic nitrogens is 3. The number of nitrogens with zero attached hydrogens (tertiary/aromatic N) is 3. The molecule has 20 heavy (non-hydrogen) atoms. The van der Waals surface area contributed by atoms with Crippen LogP contribution in [-0.2, 0) is 11.2 Å². The van der Waals surface area contributed by atoms with Crippen molar-refractivity contribution in [3.05, 3.63) is 29.5 Å². The summed E-state index contributed by atoms with van der Waals surface area (Å²) in [5.41, 5.74) is 0.411. The number of hydrogen-bond donors (Lipinski definition) is 1. The van der Waals surface area contributed by atoms with E-state index in [4.69, 9.17) is 11.6 Å². The van der Waals surface area contributed by atoms with Gasteiger partial charge in [0.15, 0.2) is 0 Å². The van der Waals surface area contributed by atoms with Crippen molar-refractivity contribution in [3.8, 4) is 5.13 Å². The fourth-order valence-corrected chi connectivity index (χ4v) is 2.42. The Morgan fingerprint density at radius 1 is 1.55 bits per heavy atom. The van der Waals surface area contributed by atoms with Crippen molar-refractivity contribution < 1.29 is 4.79 Å². The number of rotatable bonds is 6. The van der Waals surface area contributed by atoms with Gasteiger partial charge in [-0.3, -0.25) is 4.79 Å². The standard InChI is InChI=1S/C13H17ClN4OS/c1-13(2,9-14)11(19)15-6-4-10-8-20-12(17-10)18-7-3-5-16-18/h3,5,7-8H,4,6,9H2,1-2H3,(H,15,19). The molecule has 0 aliphatic rings. The van der Waals surface area contributed by atoms with Crippen LogP contribution in [0.25, 0.3) is 5.13 Å². The molecule has 0 fully saturated rings. The molecular weight excluding hydrogens is 296 g/mol. The second-order valence-electron chi connectivity index (χ2n) is 5.10. The van der Waals surface area contributed by atoms with E-state index in [1.165, 1.54) is 11.3 Å². The Labute approximate surface area is 127 Å². The number of carbonyl (C=O) groups is 1. The maximum Gasteiger partial charge on any atom is 0.226 e. The highest BCUT2D eigenvalue weighted by Crippen LogP contribution is 2.17. The number of thiazole rings is 1. The third-order valence-corrected chi connectivity index (χ3v) is 4.40. The molecule has 7 heteroatoms. The molecule has 2 rings (SSSR count). The zero-order valence-corrected chi connectivity index (χ0v) is 13.0. The molecule has 5 nitrogen and oxygen atoms in total. The van der Waals surface area contributed by atoms with Crippen molar-refractivity contribution in [3.63, 3.8) is 0 Å². The highest BCUT2D eigenvalue weighted by Gasteiger charge is 2.25. The van der Waals surface area contributed by atoms with Gasteiger partial charge in [0.2, 0.25) is 11.0 Å². The van der Waals surface area contributed by atoms with Gasteiger partial charge in [-0.05, 0) is 19.9 Å². The van der Waals surface area contributed by atoms with Crippen molar-refractivity contribution >= 4 is 28.8 Å². The molecule has 0 atom stereocenters. The monoisotopic (exact) mass is 312 g/mol. The fraction of sp³-hybridized carbons (Fsp3) is 0.462. The Morgan fingerprint density at radius 3 is 3.00 bits per heavy atom. The van der Waals surface area contributed by atoms with Gasteiger partial charge in [-0.15, -0.1) is 22.9 Å². The lowest BCUT2D eigenvalue weighted by Gasteiger charge is -2.20. The first kappa shape index (κ1) is 15.0. The summed E-state index contributed by atoms with van der Waals surface area (Å²) in [5, 5.41) is 9.83. The zero-order valence-electron chi connectivity index (χ0n) is 11.5. The van der Waals surface area contributed by atoms with Crippen LogP contribution in [0.3, 0.4) is 0 Å². The molecule has 0 unspecified atom stereocenters. The Hall–Kier alpha value is -1.40. The second-order valence-corrected chi connectivity index (χ2v) is 6.20. The molecule has 2 aromatic heterocycles. The van der Waals surface area contributed by atoms with E-state index in [-0.39, 0.29) is 5.91 Å². The summed E-state index contributed by atoms with van der Waals surface area (Å²) in [4.78, 5) is 16.3. The van der Waals surface area contributed by atoms with E-state index in [1.807, 2.05) is 31.5 Å². The van der Waals surface area contributed by atoms with Gasteiger partial charge >= 0.3 is 0 Å². The zero-order chi connectivity index (χ0) is 14.6. The average Bonchev–Trinajstić information content (AvgIpc) is 3.09. The van der Waals surface area contributed by atoms with Crippen LogP contribution in [0.1, 0.15) is 19.5 Å². The maximum atomic E-state index is 11.9. The van der Waals surface area contributed by atoms with E-state index < -0.39 is 5.41 Å². The number of nitrogens with one attached hydrogen (secondary N) is 1. The van der Waals surface area contributed by atoms with Crippen LogP contribution in [0.15, 0.2) is 23.8 Å². The van der Waals surface area contributed by atoms with E-state index in [0.717, 1.165) is 10.8 Å². The van der Waals surface area contributed by atoms with Gasteiger partial charge in [-0.2, -0.15) is 5.10 Å². The van der Waals surface area contributed by atoms with Crippen molar-refractivity contribution in [2.75, 3.05) is 12.4 Å². The minimum absolute atomic E-state index is 0.0324. The number of hydrogen-bond acceptors (Lipinski definition) is 4. The second kappa shape index (κ2) is 6.37. The van der Waals surface area contributed by atoms with Gasteiger partial charge in [0.25, 0.3) is 0 Å². The molecule has 2 aromatic rings. The Morgan fingerprint density at radius 2 is 2.35 bits per heavy atom. The minimum atomic E-state index is -0.538. The van der Waals surface area contributed by atoms with Crippen LogP contribution in [0.2, 0.25) is 0 Å². The molecule has 0 radical (unpaired) electrons. The quantitative estimate of drug-likeness (QED) is 0.832. The number of alkyl halides is 1. The summed E-state index contributed by atoms with van der Waals surface area (Å²) in [6.07, 6.45) is 4.27. The van der Waals surface area contributed by atoms with Crippen LogP contribution in [-0.4, -0.2) is 33.1 Å². The number of amides is 1. The molecule has 0 aliphatic heterocycles. The molecule has 0 saturated heterocycles. The normalized spacial score (nSPS) is 11.6. The summed E-state index contributed by atoms with van der Waals surface area (Å²) in [5.74, 6) is 0.272. The van der Waals surface area contributed by atoms with E-state index in [2.05, 4.69) is 15.4 Å². The SMILES string of the molecule is CC(C)(CCl)C(=O)NCCc1csc(-n2cccn2)n1. The molecule has 0 bridgehead atoms. The summed E-state index contributed by atoms with van der Waals surface area (Å²) in [6, 6.07) is 1.86. The minimum Gasteiger partial charge on any atom is -0.355 e. The molecule has 2 heterocycles. The van der Waals surface area contributed by atoms with Gasteiger partial charge < -0.3 is 5.32 Å². The third-order valence-electron chi connectivity index (χ3n) is 2.86. The Bertz CT molecular complexity index is 565. The third kappa shape index (κ3) is 3.58. The summed E-state index contributed by atoms with van der Waals surface area (Å²) in [7, 11) is 0. The van der Waals surface area contributed by atoms with Crippen molar-refractivity contribution in [1.29, 1.82) is 0 Å². The predicted molar refractivity (Wildman–Crippen MR) is 80.5 cm³/mol. The summed E-state index contributed by atoms with van der Waals surface area (Å²) in [6.45, 7) is 4.21. The Balaban J connectivity index is 1.85. The molecule has 0 aliphatic carbocycles. The molecule has 0 saturated carbocycles. The average molecular weight is 313 g/mol. The van der Waals surface area contributed by atoms with Crippen molar-refractivity contribution in [2.45, 2.75) is 20.3 Å². The van der Waals surface area contributed by atoms with E-state index in [9.17, 15) is 4.79 Å². The van der Waals surface area contributed by atoms with Crippen LogP contribution in [0.4, 0.5) is 0 Å². The summed E-state index contributed by atoms with van der Waals surface area (Å²) >= 11 is 7.29. The topological polar surface area (TPSA) is 59.8 Å². The van der Waals surface area contributed by atoms with Gasteiger partial charge in [0.1, 0.15) is 0 Å². The van der Waals surface area contributed by atoms with E-state index in [0.29, 0.717) is 18.8 Å². The van der Waals surface area contributed by atoms with Gasteiger partial charge in [-0.25, -0.2) is 9.67 Å². The smallest absolute Gasteiger partial charge is 0.226 e. The highest BCUT2D eigenvalue weighted by atomic mass is 35.5. The van der Waals surface area contributed by atoms with Gasteiger partial charge in [0.05, 0.1) is 11.1 Å². The first-order valence-electron chi connectivity index (χ1n) is 6.31. The van der Waals surface area contributed by atoms with Crippen LogP contribution in [0, 0.1) is 5.41 Å². The van der Waals surface area contributed by atoms with Crippen LogP contribution in [0.5, 0.6) is 0 Å². The molecule has 1 N–H and O–H groups in total. The van der Waals surface area contributed by atoms with Crippen LogP contribution < -0.4 is 5.32 Å². The lowest BCUT2D eigenvalue weighted by molar-refractivity contribution is -0.128. The first-order valence-corrected chi connectivity index (χ1v) is 7.73. The predicted octanol–water partition coefficient (Wildman–Crippen LogP) is 2.25. The molecule has 0 spiro atoms. The van der Waals surface area contributed by atoms with Crippen molar-refractivity contribution in [2.24, 2.45) is 5.41 Å². The lowest BCUT2D eigenvalue weighted by Crippen LogP contribution is -2.39. The van der Waals surface area contributed by atoms with Crippen molar-refractivity contribution in [1.82, 2.24) is 20.1 Å². The maximum absolute atomic E-state index is 11.9. The molecule has 108 valence electrons. The highest BCUT2D eigenvalue weighted by molar-refractivity contribution is 7.12. The molecule has 1 amide bonds. The van der Waals surface area contributed by atoms with Gasteiger partial charge in [-0.1, -0.05) is 0 Å². The summed E-state index contributed by atoms with van der Waals surface area (Å²) < 4.78 is 1.73. The number of halogens is 1. The van der Waals surface area contributed by atoms with E-state index in [1.54, 1.807) is 10.9 Å². The molecular formula is C13H17ClN4OS. The molecule has 0 aromatic carbocycles. The first-order chi connectivity index (χ1) is 9.53.